The highest BCUT2D eigenvalue weighted by Crippen LogP contribution is 2.64. The van der Waals surface area contributed by atoms with Crippen LogP contribution < -0.4 is 14.5 Å². The van der Waals surface area contributed by atoms with E-state index in [1.807, 2.05) is 0 Å². The number of benzene rings is 9. The second-order valence-electron chi connectivity index (χ2n) is 14.5. The zero-order chi connectivity index (χ0) is 37.1. The van der Waals surface area contributed by atoms with E-state index in [0.717, 1.165) is 51.2 Å². The number of ether oxygens (including phenoxy) is 1. The molecule has 0 fully saturated rings. The third-order valence-corrected chi connectivity index (χ3v) is 11.5. The Morgan fingerprint density at radius 3 is 1.43 bits per heavy atom. The second-order valence-corrected chi connectivity index (χ2v) is 14.5. The van der Waals surface area contributed by atoms with Gasteiger partial charge in [-0.1, -0.05) is 133 Å². The number of fused-ring (bicyclic) bond motifs is 11. The first-order valence-electron chi connectivity index (χ1n) is 19.2. The molecule has 0 saturated carbocycles. The maximum Gasteiger partial charge on any atom is 0.132 e. The van der Waals surface area contributed by atoms with E-state index in [1.54, 1.807) is 0 Å². The van der Waals surface area contributed by atoms with Gasteiger partial charge in [-0.3, -0.25) is 0 Å². The fourth-order valence-electron chi connectivity index (χ4n) is 9.19. The summed E-state index contributed by atoms with van der Waals surface area (Å²) in [6.07, 6.45) is 0. The van der Waals surface area contributed by atoms with Crippen molar-refractivity contribution in [3.8, 4) is 22.6 Å². The van der Waals surface area contributed by atoms with Crippen LogP contribution >= 0.6 is 0 Å². The number of nitrogens with zero attached hydrogens (tertiary/aromatic N) is 2. The highest BCUT2D eigenvalue weighted by Gasteiger charge is 2.52. The molecule has 1 unspecified atom stereocenters. The van der Waals surface area contributed by atoms with Gasteiger partial charge in [0.2, 0.25) is 0 Å². The average molecular weight is 717 g/mol. The van der Waals surface area contributed by atoms with Crippen molar-refractivity contribution in [2.75, 3.05) is 9.80 Å². The summed E-state index contributed by atoms with van der Waals surface area (Å²) in [7, 11) is 0. The van der Waals surface area contributed by atoms with Gasteiger partial charge in [-0.2, -0.15) is 0 Å². The topological polar surface area (TPSA) is 15.7 Å². The predicted molar refractivity (Wildman–Crippen MR) is 231 cm³/mol. The van der Waals surface area contributed by atoms with Crippen LogP contribution in [-0.2, 0) is 5.41 Å². The van der Waals surface area contributed by atoms with Gasteiger partial charge in [-0.05, 0) is 118 Å². The van der Waals surface area contributed by atoms with Gasteiger partial charge in [0.25, 0.3) is 0 Å². The molecule has 0 radical (unpaired) electrons. The van der Waals surface area contributed by atoms with Crippen LogP contribution in [0.15, 0.2) is 218 Å². The fourth-order valence-corrected chi connectivity index (χ4v) is 9.19. The summed E-state index contributed by atoms with van der Waals surface area (Å²) in [6.45, 7) is 0. The highest BCUT2D eigenvalue weighted by molar-refractivity contribution is 5.99. The summed E-state index contributed by atoms with van der Waals surface area (Å²) < 4.78 is 7.00. The standard InChI is InChI=1S/C53H36N2O/c1-5-18-38(19-6-1)54(39-20-7-2-8-21-39)42-30-32-48-46(35-42)45-27-15-16-28-47(45)53(48)49-36-43(55(40-22-9-3-10-23-40)41-24-11-4-12-25-41)31-34-50(49)56-51-33-29-37-17-13-14-26-44(37)52(51)53/h1-36H. The van der Waals surface area contributed by atoms with Crippen LogP contribution in [0.1, 0.15) is 22.3 Å². The molecule has 0 bridgehead atoms. The highest BCUT2D eigenvalue weighted by atomic mass is 16.5. The summed E-state index contributed by atoms with van der Waals surface area (Å²) in [4.78, 5) is 4.69. The maximum absolute atomic E-state index is 7.00. The van der Waals surface area contributed by atoms with Crippen molar-refractivity contribution in [3.05, 3.63) is 241 Å². The monoisotopic (exact) mass is 716 g/mol. The number of hydrogen-bond acceptors (Lipinski definition) is 3. The van der Waals surface area contributed by atoms with Crippen molar-refractivity contribution in [3.63, 3.8) is 0 Å². The Bertz CT molecular complexity index is 2810. The normalized spacial score (nSPS) is 14.6. The smallest absolute Gasteiger partial charge is 0.132 e. The van der Waals surface area contributed by atoms with Gasteiger partial charge in [-0.15, -0.1) is 0 Å². The van der Waals surface area contributed by atoms with Gasteiger partial charge in [-0.25, -0.2) is 0 Å². The van der Waals surface area contributed by atoms with Gasteiger partial charge >= 0.3 is 0 Å². The van der Waals surface area contributed by atoms with Crippen LogP contribution in [0.2, 0.25) is 0 Å². The van der Waals surface area contributed by atoms with E-state index in [0.29, 0.717) is 0 Å². The molecule has 0 saturated heterocycles. The average Bonchev–Trinajstić information content (AvgIpc) is 3.55. The molecule has 9 aromatic rings. The first-order chi connectivity index (χ1) is 27.8. The van der Waals surface area contributed by atoms with Gasteiger partial charge in [0, 0.05) is 45.3 Å². The Hall–Kier alpha value is -7.36. The summed E-state index contributed by atoms with van der Waals surface area (Å²) in [5.74, 6) is 1.74. The van der Waals surface area contributed by atoms with Crippen LogP contribution in [0.3, 0.4) is 0 Å². The van der Waals surface area contributed by atoms with Gasteiger partial charge in [0.15, 0.2) is 0 Å². The molecule has 2 aliphatic rings. The number of rotatable bonds is 6. The van der Waals surface area contributed by atoms with Gasteiger partial charge in [0.05, 0.1) is 5.41 Å². The van der Waals surface area contributed by atoms with Crippen molar-refractivity contribution < 1.29 is 4.74 Å². The minimum absolute atomic E-state index is 0.673. The maximum atomic E-state index is 7.00. The lowest BCUT2D eigenvalue weighted by Gasteiger charge is -2.41. The Kier molecular flexibility index (Phi) is 7.39. The molecule has 3 nitrogen and oxygen atoms in total. The number of hydrogen-bond donors (Lipinski definition) is 0. The van der Waals surface area contributed by atoms with E-state index in [1.165, 1.54) is 38.6 Å². The zero-order valence-electron chi connectivity index (χ0n) is 30.6. The van der Waals surface area contributed by atoms with E-state index in [9.17, 15) is 0 Å². The SMILES string of the molecule is c1ccc(N(c2ccccc2)c2ccc3c(c2)-c2ccccc2C32c3cc(N(c4ccccc4)c4ccccc4)ccc3Oc3ccc4ccccc4c32)cc1. The van der Waals surface area contributed by atoms with E-state index in [-0.39, 0.29) is 0 Å². The van der Waals surface area contributed by atoms with Crippen molar-refractivity contribution in [2.24, 2.45) is 0 Å². The van der Waals surface area contributed by atoms with Crippen LogP contribution in [0.5, 0.6) is 11.5 Å². The molecule has 11 rings (SSSR count). The molecular weight excluding hydrogens is 681 g/mol. The van der Waals surface area contributed by atoms with E-state index >= 15 is 0 Å². The summed E-state index contributed by atoms with van der Waals surface area (Å²) in [6, 6.07) is 78.5. The lowest BCUT2D eigenvalue weighted by Crippen LogP contribution is -2.32. The molecule has 1 aliphatic carbocycles. The van der Waals surface area contributed by atoms with Crippen LogP contribution in [0.4, 0.5) is 34.1 Å². The zero-order valence-corrected chi connectivity index (χ0v) is 30.6. The Morgan fingerprint density at radius 1 is 0.321 bits per heavy atom. The molecule has 0 aromatic heterocycles. The summed E-state index contributed by atoms with van der Waals surface area (Å²) in [5, 5.41) is 2.37. The third kappa shape index (κ3) is 4.84. The van der Waals surface area contributed by atoms with Crippen molar-refractivity contribution in [2.45, 2.75) is 5.41 Å². The van der Waals surface area contributed by atoms with Crippen molar-refractivity contribution in [1.82, 2.24) is 0 Å². The molecule has 1 heterocycles. The second kappa shape index (κ2) is 12.9. The van der Waals surface area contributed by atoms with E-state index in [2.05, 4.69) is 228 Å². The Morgan fingerprint density at radius 2 is 0.804 bits per heavy atom. The Balaban J connectivity index is 1.22. The van der Waals surface area contributed by atoms with Gasteiger partial charge in [0.1, 0.15) is 11.5 Å². The van der Waals surface area contributed by atoms with Crippen molar-refractivity contribution >= 4 is 44.9 Å². The molecule has 1 aliphatic heterocycles. The molecule has 1 atom stereocenters. The molecule has 0 amide bonds. The van der Waals surface area contributed by atoms with Crippen molar-refractivity contribution in [1.29, 1.82) is 0 Å². The summed E-state index contributed by atoms with van der Waals surface area (Å²) in [5.41, 5.74) is 13.1. The quantitative estimate of drug-likeness (QED) is 0.170. The van der Waals surface area contributed by atoms with Crippen LogP contribution in [0.25, 0.3) is 21.9 Å². The fraction of sp³-hybridized carbons (Fsp3) is 0.0189. The lowest BCUT2D eigenvalue weighted by molar-refractivity contribution is 0.438. The lowest BCUT2D eigenvalue weighted by atomic mass is 9.65. The molecule has 56 heavy (non-hydrogen) atoms. The minimum Gasteiger partial charge on any atom is -0.457 e. The molecular formula is C53H36N2O. The predicted octanol–water partition coefficient (Wildman–Crippen LogP) is 14.2. The summed E-state index contributed by atoms with van der Waals surface area (Å²) >= 11 is 0. The molecule has 0 N–H and O–H groups in total. The molecule has 1 spiro atoms. The first kappa shape index (κ1) is 32.1. The third-order valence-electron chi connectivity index (χ3n) is 11.5. The van der Waals surface area contributed by atoms with E-state index in [4.69, 9.17) is 4.74 Å². The molecule has 3 heteroatoms. The molecule has 264 valence electrons. The van der Waals surface area contributed by atoms with Crippen LogP contribution in [-0.4, -0.2) is 0 Å². The van der Waals surface area contributed by atoms with Gasteiger partial charge < -0.3 is 14.5 Å². The molecule has 9 aromatic carbocycles. The number of anilines is 6. The number of para-hydroxylation sites is 4. The van der Waals surface area contributed by atoms with Crippen LogP contribution in [0, 0.1) is 0 Å². The largest absolute Gasteiger partial charge is 0.457 e. The first-order valence-corrected chi connectivity index (χ1v) is 19.2. The minimum atomic E-state index is -0.673. The Labute approximate surface area is 326 Å². The van der Waals surface area contributed by atoms with E-state index < -0.39 is 5.41 Å².